The molecule has 2 unspecified atom stereocenters. The Hall–Kier alpha value is -3.87. The highest BCUT2D eigenvalue weighted by atomic mass is 35.5. The lowest BCUT2D eigenvalue weighted by Crippen LogP contribution is -2.58. The van der Waals surface area contributed by atoms with Gasteiger partial charge in [-0.25, -0.2) is 17.7 Å². The van der Waals surface area contributed by atoms with Crippen LogP contribution in [0.3, 0.4) is 0 Å². The largest absolute Gasteiger partial charge is 0.497 e. The van der Waals surface area contributed by atoms with E-state index in [0.29, 0.717) is 18.6 Å². The fourth-order valence-electron chi connectivity index (χ4n) is 5.66. The summed E-state index contributed by atoms with van der Waals surface area (Å²) in [5, 5.41) is 0.259. The number of halogens is 1. The van der Waals surface area contributed by atoms with Gasteiger partial charge in [-0.05, 0) is 55.3 Å². The Labute approximate surface area is 236 Å². The van der Waals surface area contributed by atoms with Crippen LogP contribution >= 0.6 is 11.6 Å². The molecule has 0 spiro atoms. The van der Waals surface area contributed by atoms with Crippen LogP contribution in [0.2, 0.25) is 5.02 Å². The first-order valence-electron chi connectivity index (χ1n) is 12.3. The molecule has 210 valence electrons. The maximum absolute atomic E-state index is 14.9. The van der Waals surface area contributed by atoms with Crippen molar-refractivity contribution >= 4 is 39.1 Å². The molecule has 2 N–H and O–H groups in total. The van der Waals surface area contributed by atoms with E-state index in [4.69, 9.17) is 31.5 Å². The van der Waals surface area contributed by atoms with Gasteiger partial charge < -0.3 is 19.9 Å². The van der Waals surface area contributed by atoms with Crippen LogP contribution in [0, 0.1) is 0 Å². The molecule has 0 aliphatic carbocycles. The Balaban J connectivity index is 1.85. The predicted octanol–water partition coefficient (Wildman–Crippen LogP) is 2.69. The Bertz CT molecular complexity index is 1620. The van der Waals surface area contributed by atoms with Crippen molar-refractivity contribution in [3.8, 4) is 17.4 Å². The summed E-state index contributed by atoms with van der Waals surface area (Å²) in [5.74, 6) is -1.07. The van der Waals surface area contributed by atoms with Gasteiger partial charge >= 0.3 is 0 Å². The molecule has 2 amide bonds. The van der Waals surface area contributed by atoms with E-state index in [1.54, 1.807) is 17.0 Å². The van der Waals surface area contributed by atoms with Gasteiger partial charge in [0.2, 0.25) is 11.8 Å². The third-order valence-corrected chi connectivity index (χ3v) is 9.29. The first-order chi connectivity index (χ1) is 19.1. The summed E-state index contributed by atoms with van der Waals surface area (Å²) < 4.78 is 45.6. The van der Waals surface area contributed by atoms with Crippen LogP contribution in [-0.4, -0.2) is 64.0 Å². The number of rotatable bonds is 8. The van der Waals surface area contributed by atoms with Crippen molar-refractivity contribution in [2.24, 2.45) is 5.73 Å². The van der Waals surface area contributed by atoms with Crippen LogP contribution in [0.25, 0.3) is 0 Å². The number of anilines is 1. The monoisotopic (exact) mass is 586 g/mol. The SMILES string of the molecule is COc1ccc(S(=O)(=O)N2C(=O)C(c3cccnc3OC)(N3CCCC3C(N)=O)c3cc(Cl)ccc32)c(OC)c1. The lowest BCUT2D eigenvalue weighted by Gasteiger charge is -2.40. The summed E-state index contributed by atoms with van der Waals surface area (Å²) >= 11 is 6.45. The molecule has 11 nitrogen and oxygen atoms in total. The molecule has 3 aromatic rings. The number of primary amides is 1. The van der Waals surface area contributed by atoms with Crippen molar-refractivity contribution in [2.75, 3.05) is 32.2 Å². The van der Waals surface area contributed by atoms with Gasteiger partial charge in [0.25, 0.3) is 15.9 Å². The normalized spacial score (nSPS) is 20.9. The maximum Gasteiger partial charge on any atom is 0.274 e. The highest BCUT2D eigenvalue weighted by Crippen LogP contribution is 2.54. The summed E-state index contributed by atoms with van der Waals surface area (Å²) in [6, 6.07) is 11.0. The van der Waals surface area contributed by atoms with Gasteiger partial charge in [0.05, 0.1) is 33.1 Å². The third kappa shape index (κ3) is 3.97. The van der Waals surface area contributed by atoms with Gasteiger partial charge in [-0.3, -0.25) is 14.5 Å². The molecule has 2 aliphatic rings. The average molecular weight is 587 g/mol. The second kappa shape index (κ2) is 10.3. The van der Waals surface area contributed by atoms with E-state index in [1.165, 1.54) is 63.9 Å². The molecule has 1 fully saturated rings. The number of hydrogen-bond acceptors (Lipinski definition) is 9. The fourth-order valence-corrected chi connectivity index (χ4v) is 7.43. The van der Waals surface area contributed by atoms with Crippen molar-refractivity contribution in [3.63, 3.8) is 0 Å². The number of nitrogens with two attached hydrogens (primary N) is 1. The first kappa shape index (κ1) is 27.7. The number of hydrogen-bond donors (Lipinski definition) is 1. The molecule has 2 aromatic carbocycles. The number of pyridine rings is 1. The number of amides is 2. The second-order valence-electron chi connectivity index (χ2n) is 9.28. The molecule has 0 saturated carbocycles. The molecule has 3 heterocycles. The number of ether oxygens (including phenoxy) is 3. The van der Waals surface area contributed by atoms with Crippen LogP contribution in [0.15, 0.2) is 59.6 Å². The van der Waals surface area contributed by atoms with E-state index in [0.717, 1.165) is 4.31 Å². The number of aromatic nitrogens is 1. The molecule has 1 aromatic heterocycles. The van der Waals surface area contributed by atoms with Crippen LogP contribution in [0.1, 0.15) is 24.0 Å². The predicted molar refractivity (Wildman–Crippen MR) is 146 cm³/mol. The molecule has 1 saturated heterocycles. The highest BCUT2D eigenvalue weighted by Gasteiger charge is 2.63. The molecule has 40 heavy (non-hydrogen) atoms. The van der Waals surface area contributed by atoms with Gasteiger partial charge in [0.15, 0.2) is 5.54 Å². The molecular weight excluding hydrogens is 560 g/mol. The minimum absolute atomic E-state index is 0.0182. The van der Waals surface area contributed by atoms with Crippen molar-refractivity contribution in [1.82, 2.24) is 9.88 Å². The fraction of sp³-hybridized carbons (Fsp3) is 0.296. The molecule has 5 rings (SSSR count). The zero-order chi connectivity index (χ0) is 28.8. The summed E-state index contributed by atoms with van der Waals surface area (Å²) in [6.07, 6.45) is 2.41. The van der Waals surface area contributed by atoms with Crippen LogP contribution in [0.4, 0.5) is 5.69 Å². The molecule has 2 atom stereocenters. The van der Waals surface area contributed by atoms with E-state index >= 15 is 0 Å². The quantitative estimate of drug-likeness (QED) is 0.421. The standard InChI is InChI=1S/C27H27ClN4O7S/c1-37-17-9-11-23(22(15-17)38-2)40(35,36)32-20-10-8-16(28)14-19(20)27(26(32)34,18-6-4-12-30-25(18)39-3)31-13-5-7-21(31)24(29)33/h4,6,8-12,14-15,21H,5,7,13H2,1-3H3,(H2,29,33). The zero-order valence-corrected chi connectivity index (χ0v) is 23.5. The summed E-state index contributed by atoms with van der Waals surface area (Å²) in [4.78, 5) is 33.3. The second-order valence-corrected chi connectivity index (χ2v) is 11.5. The maximum atomic E-state index is 14.9. The molecular formula is C27H27ClN4O7S. The Kier molecular flexibility index (Phi) is 7.11. The van der Waals surface area contributed by atoms with Gasteiger partial charge in [-0.1, -0.05) is 11.6 Å². The van der Waals surface area contributed by atoms with Gasteiger partial charge in [-0.2, -0.15) is 0 Å². The van der Waals surface area contributed by atoms with E-state index in [9.17, 15) is 18.0 Å². The van der Waals surface area contributed by atoms with Crippen molar-refractivity contribution in [2.45, 2.75) is 29.3 Å². The summed E-state index contributed by atoms with van der Waals surface area (Å²) in [7, 11) is -0.441. The number of sulfonamides is 1. The number of fused-ring (bicyclic) bond motifs is 1. The molecule has 0 bridgehead atoms. The van der Waals surface area contributed by atoms with E-state index < -0.39 is 33.4 Å². The molecule has 2 aliphatic heterocycles. The topological polar surface area (TPSA) is 141 Å². The summed E-state index contributed by atoms with van der Waals surface area (Å²) in [6.45, 7) is 0.267. The lowest BCUT2D eigenvalue weighted by atomic mass is 9.81. The minimum atomic E-state index is -4.59. The van der Waals surface area contributed by atoms with Crippen LogP contribution < -0.4 is 24.2 Å². The number of carbonyl (C=O) groups is 2. The van der Waals surface area contributed by atoms with Crippen molar-refractivity contribution in [1.29, 1.82) is 0 Å². The highest BCUT2D eigenvalue weighted by molar-refractivity contribution is 7.93. The number of benzene rings is 2. The van der Waals surface area contributed by atoms with E-state index in [1.807, 2.05) is 0 Å². The van der Waals surface area contributed by atoms with Crippen molar-refractivity contribution in [3.05, 3.63) is 70.9 Å². The summed E-state index contributed by atoms with van der Waals surface area (Å²) in [5.41, 5.74) is 4.51. The number of nitrogens with zero attached hydrogens (tertiary/aromatic N) is 3. The first-order valence-corrected chi connectivity index (χ1v) is 14.1. The number of carbonyl (C=O) groups excluding carboxylic acids is 2. The van der Waals surface area contributed by atoms with Gasteiger partial charge in [-0.15, -0.1) is 0 Å². The van der Waals surface area contributed by atoms with Crippen LogP contribution in [-0.2, 0) is 25.2 Å². The van der Waals surface area contributed by atoms with Crippen molar-refractivity contribution < 1.29 is 32.2 Å². The van der Waals surface area contributed by atoms with E-state index in [2.05, 4.69) is 4.98 Å². The van der Waals surface area contributed by atoms with Crippen LogP contribution in [0.5, 0.6) is 17.4 Å². The van der Waals surface area contributed by atoms with Gasteiger partial charge in [0.1, 0.15) is 16.4 Å². The zero-order valence-electron chi connectivity index (χ0n) is 22.0. The minimum Gasteiger partial charge on any atom is -0.497 e. The number of methoxy groups -OCH3 is 3. The Morgan fingerprint density at radius 3 is 2.52 bits per heavy atom. The Morgan fingerprint density at radius 1 is 1.07 bits per heavy atom. The number of likely N-dealkylation sites (tertiary alicyclic amines) is 1. The van der Waals surface area contributed by atoms with E-state index in [-0.39, 0.29) is 44.9 Å². The molecule has 13 heteroatoms. The lowest BCUT2D eigenvalue weighted by molar-refractivity contribution is -0.131. The molecule has 0 radical (unpaired) electrons. The third-order valence-electron chi connectivity index (χ3n) is 7.32. The average Bonchev–Trinajstić information content (AvgIpc) is 3.54. The smallest absolute Gasteiger partial charge is 0.274 e. The van der Waals surface area contributed by atoms with Gasteiger partial charge in [0, 0.05) is 35.0 Å². The Morgan fingerprint density at radius 2 is 1.85 bits per heavy atom.